The topological polar surface area (TPSA) is 38.0 Å². The summed E-state index contributed by atoms with van der Waals surface area (Å²) in [6, 6.07) is 8.86. The van der Waals surface area contributed by atoms with E-state index in [0.29, 0.717) is 22.6 Å². The standard InChI is InChI=1S/C15H14BrClF2N2/c16-10-4-5-14(18)9(6-10)7-11(21-20)8-12-13(17)2-1-3-15(12)19/h1-6,11,21H,7-8,20H2. The van der Waals surface area contributed by atoms with Gasteiger partial charge in [-0.1, -0.05) is 33.6 Å². The van der Waals surface area contributed by atoms with Gasteiger partial charge in [-0.25, -0.2) is 8.78 Å². The molecule has 112 valence electrons. The van der Waals surface area contributed by atoms with Crippen LogP contribution in [-0.2, 0) is 12.8 Å². The van der Waals surface area contributed by atoms with Crippen LogP contribution in [0, 0.1) is 11.6 Å². The lowest BCUT2D eigenvalue weighted by molar-refractivity contribution is 0.494. The molecule has 2 aromatic carbocycles. The van der Waals surface area contributed by atoms with Crippen LogP contribution in [0.25, 0.3) is 0 Å². The van der Waals surface area contributed by atoms with E-state index in [2.05, 4.69) is 21.4 Å². The molecule has 0 heterocycles. The highest BCUT2D eigenvalue weighted by Gasteiger charge is 2.16. The number of benzene rings is 2. The van der Waals surface area contributed by atoms with Gasteiger partial charge in [0.15, 0.2) is 0 Å². The van der Waals surface area contributed by atoms with E-state index in [1.165, 1.54) is 12.1 Å². The molecule has 1 atom stereocenters. The fourth-order valence-electron chi connectivity index (χ4n) is 2.13. The highest BCUT2D eigenvalue weighted by molar-refractivity contribution is 9.10. The summed E-state index contributed by atoms with van der Waals surface area (Å²) in [4.78, 5) is 0. The molecule has 0 aliphatic heterocycles. The van der Waals surface area contributed by atoms with Crippen LogP contribution in [0.5, 0.6) is 0 Å². The van der Waals surface area contributed by atoms with Crippen LogP contribution in [0.15, 0.2) is 40.9 Å². The Kier molecular flexibility index (Phi) is 5.70. The van der Waals surface area contributed by atoms with Crippen molar-refractivity contribution in [1.82, 2.24) is 5.43 Å². The molecule has 1 unspecified atom stereocenters. The monoisotopic (exact) mass is 374 g/mol. The zero-order valence-corrected chi connectivity index (χ0v) is 13.4. The van der Waals surface area contributed by atoms with Crippen LogP contribution >= 0.6 is 27.5 Å². The van der Waals surface area contributed by atoms with Crippen molar-refractivity contribution in [2.75, 3.05) is 0 Å². The minimum atomic E-state index is -0.391. The van der Waals surface area contributed by atoms with Crippen LogP contribution < -0.4 is 11.3 Å². The van der Waals surface area contributed by atoms with E-state index in [1.807, 2.05) is 0 Å². The summed E-state index contributed by atoms with van der Waals surface area (Å²) < 4.78 is 28.3. The maximum atomic E-state index is 13.8. The summed E-state index contributed by atoms with van der Waals surface area (Å²) in [5.41, 5.74) is 3.47. The molecule has 2 aromatic rings. The van der Waals surface area contributed by atoms with E-state index >= 15 is 0 Å². The number of rotatable bonds is 5. The largest absolute Gasteiger partial charge is 0.271 e. The summed E-state index contributed by atoms with van der Waals surface area (Å²) in [5, 5.41) is 0.338. The Balaban J connectivity index is 2.19. The molecule has 0 spiro atoms. The normalized spacial score (nSPS) is 12.4. The Morgan fingerprint density at radius 1 is 1.14 bits per heavy atom. The van der Waals surface area contributed by atoms with E-state index < -0.39 is 5.82 Å². The van der Waals surface area contributed by atoms with Gasteiger partial charge in [0.05, 0.1) is 0 Å². The molecular formula is C15H14BrClF2N2. The molecule has 2 rings (SSSR count). The van der Waals surface area contributed by atoms with Gasteiger partial charge in [-0.05, 0) is 48.7 Å². The van der Waals surface area contributed by atoms with Gasteiger partial charge in [0, 0.05) is 21.1 Å². The van der Waals surface area contributed by atoms with Gasteiger partial charge in [-0.2, -0.15) is 0 Å². The second-order valence-corrected chi connectivity index (χ2v) is 6.03. The van der Waals surface area contributed by atoms with Crippen molar-refractivity contribution in [2.45, 2.75) is 18.9 Å². The second kappa shape index (κ2) is 7.31. The van der Waals surface area contributed by atoms with Crippen LogP contribution in [0.2, 0.25) is 5.02 Å². The van der Waals surface area contributed by atoms with Gasteiger partial charge in [0.2, 0.25) is 0 Å². The van der Waals surface area contributed by atoms with Crippen molar-refractivity contribution < 1.29 is 8.78 Å². The summed E-state index contributed by atoms with van der Waals surface area (Å²) in [6.07, 6.45) is 0.598. The molecule has 3 N–H and O–H groups in total. The average molecular weight is 376 g/mol. The molecule has 0 bridgehead atoms. The van der Waals surface area contributed by atoms with E-state index in [4.69, 9.17) is 17.4 Å². The van der Waals surface area contributed by atoms with Crippen molar-refractivity contribution in [3.8, 4) is 0 Å². The lowest BCUT2D eigenvalue weighted by atomic mass is 9.99. The smallest absolute Gasteiger partial charge is 0.127 e. The molecule has 0 aromatic heterocycles. The van der Waals surface area contributed by atoms with Crippen LogP contribution in [0.4, 0.5) is 8.78 Å². The Morgan fingerprint density at radius 2 is 1.90 bits per heavy atom. The second-order valence-electron chi connectivity index (χ2n) is 4.71. The molecular weight excluding hydrogens is 362 g/mol. The number of halogens is 4. The number of hydrogen-bond acceptors (Lipinski definition) is 2. The first-order valence-corrected chi connectivity index (χ1v) is 7.51. The van der Waals surface area contributed by atoms with Crippen molar-refractivity contribution in [3.05, 3.63) is 68.7 Å². The number of nitrogens with one attached hydrogen (secondary N) is 1. The SMILES string of the molecule is NNC(Cc1cc(Br)ccc1F)Cc1c(F)cccc1Cl. The molecule has 0 saturated carbocycles. The first kappa shape index (κ1) is 16.4. The minimum Gasteiger partial charge on any atom is -0.271 e. The summed E-state index contributed by atoms with van der Waals surface area (Å²) in [6.45, 7) is 0. The van der Waals surface area contributed by atoms with Gasteiger partial charge in [0.25, 0.3) is 0 Å². The van der Waals surface area contributed by atoms with Gasteiger partial charge in [-0.3, -0.25) is 11.3 Å². The Hall–Kier alpha value is -1.01. The summed E-state index contributed by atoms with van der Waals surface area (Å²) >= 11 is 9.30. The molecule has 6 heteroatoms. The van der Waals surface area contributed by atoms with Crippen molar-refractivity contribution in [2.24, 2.45) is 5.84 Å². The minimum absolute atomic E-state index is 0.272. The maximum absolute atomic E-state index is 13.8. The van der Waals surface area contributed by atoms with Crippen molar-refractivity contribution in [1.29, 1.82) is 0 Å². The molecule has 0 fully saturated rings. The number of nitrogens with two attached hydrogens (primary N) is 1. The lowest BCUT2D eigenvalue weighted by Crippen LogP contribution is -2.39. The number of hydrazine groups is 1. The predicted molar refractivity (Wildman–Crippen MR) is 84.0 cm³/mol. The zero-order chi connectivity index (χ0) is 15.4. The third-order valence-corrected chi connectivity index (χ3v) is 4.07. The molecule has 0 radical (unpaired) electrons. The fourth-order valence-corrected chi connectivity index (χ4v) is 2.78. The van der Waals surface area contributed by atoms with Crippen molar-refractivity contribution in [3.63, 3.8) is 0 Å². The molecule has 21 heavy (non-hydrogen) atoms. The summed E-state index contributed by atoms with van der Waals surface area (Å²) in [7, 11) is 0. The first-order chi connectivity index (χ1) is 10.0. The lowest BCUT2D eigenvalue weighted by Gasteiger charge is -2.18. The van der Waals surface area contributed by atoms with E-state index in [9.17, 15) is 8.78 Å². The van der Waals surface area contributed by atoms with Crippen LogP contribution in [-0.4, -0.2) is 6.04 Å². The molecule has 2 nitrogen and oxygen atoms in total. The van der Waals surface area contributed by atoms with E-state index in [0.717, 1.165) is 4.47 Å². The molecule has 0 aliphatic rings. The Morgan fingerprint density at radius 3 is 2.57 bits per heavy atom. The fraction of sp³-hybridized carbons (Fsp3) is 0.200. The molecule has 0 amide bonds. The third-order valence-electron chi connectivity index (χ3n) is 3.22. The Bertz CT molecular complexity index is 617. The molecule has 0 aliphatic carbocycles. The Labute approximate surface area is 135 Å². The summed E-state index contributed by atoms with van der Waals surface area (Å²) in [5.74, 6) is 4.79. The van der Waals surface area contributed by atoms with E-state index in [1.54, 1.807) is 24.3 Å². The first-order valence-electron chi connectivity index (χ1n) is 6.34. The highest BCUT2D eigenvalue weighted by atomic mass is 79.9. The van der Waals surface area contributed by atoms with Crippen LogP contribution in [0.3, 0.4) is 0 Å². The maximum Gasteiger partial charge on any atom is 0.127 e. The van der Waals surface area contributed by atoms with Gasteiger partial charge < -0.3 is 0 Å². The number of hydrogen-bond donors (Lipinski definition) is 2. The third kappa shape index (κ3) is 4.23. The van der Waals surface area contributed by atoms with E-state index in [-0.39, 0.29) is 18.3 Å². The molecule has 0 saturated heterocycles. The quantitative estimate of drug-likeness (QED) is 0.612. The van der Waals surface area contributed by atoms with Gasteiger partial charge in [0.1, 0.15) is 11.6 Å². The predicted octanol–water partition coefficient (Wildman–Crippen LogP) is 4.00. The van der Waals surface area contributed by atoms with Gasteiger partial charge >= 0.3 is 0 Å². The highest BCUT2D eigenvalue weighted by Crippen LogP contribution is 2.23. The van der Waals surface area contributed by atoms with Gasteiger partial charge in [-0.15, -0.1) is 0 Å². The average Bonchev–Trinajstić information content (AvgIpc) is 2.45. The zero-order valence-electron chi connectivity index (χ0n) is 11.0. The van der Waals surface area contributed by atoms with Crippen LogP contribution in [0.1, 0.15) is 11.1 Å². The van der Waals surface area contributed by atoms with Crippen molar-refractivity contribution >= 4 is 27.5 Å².